The van der Waals surface area contributed by atoms with Gasteiger partial charge in [-0.2, -0.15) is 0 Å². The van der Waals surface area contributed by atoms with Gasteiger partial charge < -0.3 is 20.7 Å². The molecule has 0 aromatic rings. The number of rotatable bonds is 5. The number of hydrogen-bond acceptors (Lipinski definition) is 4. The SMILES string of the molecule is CC(CC(N)=O)NC(C)C1CCCN(C(=O)OC(C)(C)C)C1. The topological polar surface area (TPSA) is 84.7 Å². The first-order valence-corrected chi connectivity index (χ1v) is 8.10. The number of piperidine rings is 1. The zero-order valence-electron chi connectivity index (χ0n) is 14.5. The van der Waals surface area contributed by atoms with E-state index in [4.69, 9.17) is 10.5 Å². The lowest BCUT2D eigenvalue weighted by Crippen LogP contribution is -2.49. The van der Waals surface area contributed by atoms with Gasteiger partial charge in [-0.25, -0.2) is 4.79 Å². The van der Waals surface area contributed by atoms with Crippen LogP contribution in [0.2, 0.25) is 0 Å². The Morgan fingerprint density at radius 3 is 2.55 bits per heavy atom. The van der Waals surface area contributed by atoms with Gasteiger partial charge in [0.2, 0.25) is 5.91 Å². The van der Waals surface area contributed by atoms with E-state index in [0.29, 0.717) is 18.9 Å². The minimum Gasteiger partial charge on any atom is -0.444 e. The summed E-state index contributed by atoms with van der Waals surface area (Å²) < 4.78 is 5.44. The average molecular weight is 313 g/mol. The van der Waals surface area contributed by atoms with Crippen molar-refractivity contribution in [3.8, 4) is 0 Å². The maximum atomic E-state index is 12.2. The number of carbonyl (C=O) groups excluding carboxylic acids is 2. The Bertz CT molecular complexity index is 393. The molecule has 0 aromatic heterocycles. The smallest absolute Gasteiger partial charge is 0.410 e. The van der Waals surface area contributed by atoms with Crippen LogP contribution in [0.5, 0.6) is 0 Å². The van der Waals surface area contributed by atoms with Crippen LogP contribution in [-0.4, -0.2) is 47.7 Å². The van der Waals surface area contributed by atoms with Crippen LogP contribution >= 0.6 is 0 Å². The summed E-state index contributed by atoms with van der Waals surface area (Å²) in [5.74, 6) is 0.0582. The first-order chi connectivity index (χ1) is 10.1. The van der Waals surface area contributed by atoms with Gasteiger partial charge in [-0.15, -0.1) is 0 Å². The number of nitrogens with one attached hydrogen (secondary N) is 1. The highest BCUT2D eigenvalue weighted by Crippen LogP contribution is 2.22. The maximum absolute atomic E-state index is 12.2. The van der Waals surface area contributed by atoms with Gasteiger partial charge in [0.1, 0.15) is 5.60 Å². The highest BCUT2D eigenvalue weighted by atomic mass is 16.6. The Hall–Kier alpha value is -1.30. The number of primary amides is 1. The molecule has 2 amide bonds. The molecule has 1 aliphatic rings. The standard InChI is InChI=1S/C16H31N3O3/c1-11(9-14(17)20)18-12(2)13-7-6-8-19(10-13)15(21)22-16(3,4)5/h11-13,18H,6-10H2,1-5H3,(H2,17,20). The molecule has 0 bridgehead atoms. The molecule has 3 N–H and O–H groups in total. The second-order valence-corrected chi connectivity index (χ2v) is 7.36. The molecule has 3 unspecified atom stereocenters. The molecule has 6 heteroatoms. The van der Waals surface area contributed by atoms with E-state index in [2.05, 4.69) is 12.2 Å². The van der Waals surface area contributed by atoms with Crippen LogP contribution in [0.3, 0.4) is 0 Å². The van der Waals surface area contributed by atoms with Gasteiger partial charge in [-0.05, 0) is 53.4 Å². The van der Waals surface area contributed by atoms with Crippen LogP contribution < -0.4 is 11.1 Å². The van der Waals surface area contributed by atoms with Crippen LogP contribution in [-0.2, 0) is 9.53 Å². The molecule has 0 aromatic carbocycles. The molecule has 1 rings (SSSR count). The molecule has 3 atom stereocenters. The first kappa shape index (κ1) is 18.7. The second kappa shape index (κ2) is 7.81. The van der Waals surface area contributed by atoms with Gasteiger partial charge in [0, 0.05) is 31.6 Å². The average Bonchev–Trinajstić information content (AvgIpc) is 2.35. The Morgan fingerprint density at radius 2 is 2.00 bits per heavy atom. The van der Waals surface area contributed by atoms with Gasteiger partial charge in [-0.3, -0.25) is 4.79 Å². The van der Waals surface area contributed by atoms with Gasteiger partial charge in [-0.1, -0.05) is 0 Å². The van der Waals surface area contributed by atoms with E-state index in [-0.39, 0.29) is 24.1 Å². The summed E-state index contributed by atoms with van der Waals surface area (Å²) in [6, 6.07) is 0.268. The Kier molecular flexibility index (Phi) is 6.66. The first-order valence-electron chi connectivity index (χ1n) is 8.10. The third kappa shape index (κ3) is 6.64. The number of ether oxygens (including phenoxy) is 1. The third-order valence-electron chi connectivity index (χ3n) is 3.87. The van der Waals surface area contributed by atoms with Crippen molar-refractivity contribution in [3.63, 3.8) is 0 Å². The second-order valence-electron chi connectivity index (χ2n) is 7.36. The molecule has 1 aliphatic heterocycles. The van der Waals surface area contributed by atoms with E-state index < -0.39 is 5.60 Å². The number of nitrogens with two attached hydrogens (primary N) is 1. The largest absolute Gasteiger partial charge is 0.444 e. The van der Waals surface area contributed by atoms with E-state index >= 15 is 0 Å². The van der Waals surface area contributed by atoms with Gasteiger partial charge in [0.15, 0.2) is 0 Å². The maximum Gasteiger partial charge on any atom is 0.410 e. The number of likely N-dealkylation sites (tertiary alicyclic amines) is 1. The lowest BCUT2D eigenvalue weighted by molar-refractivity contribution is -0.118. The van der Waals surface area contributed by atoms with Crippen LogP contribution in [0, 0.1) is 5.92 Å². The Balaban J connectivity index is 2.51. The van der Waals surface area contributed by atoms with E-state index in [1.54, 1.807) is 4.90 Å². The van der Waals surface area contributed by atoms with Crippen molar-refractivity contribution >= 4 is 12.0 Å². The number of carbonyl (C=O) groups is 2. The molecule has 1 fully saturated rings. The molecule has 0 aliphatic carbocycles. The molecular formula is C16H31N3O3. The monoisotopic (exact) mass is 313 g/mol. The molecule has 0 saturated carbocycles. The van der Waals surface area contributed by atoms with E-state index in [1.165, 1.54) is 0 Å². The van der Waals surface area contributed by atoms with Crippen LogP contribution in [0.4, 0.5) is 4.79 Å². The highest BCUT2D eigenvalue weighted by molar-refractivity contribution is 5.74. The highest BCUT2D eigenvalue weighted by Gasteiger charge is 2.30. The molecule has 6 nitrogen and oxygen atoms in total. The predicted octanol–water partition coefficient (Wildman–Crippen LogP) is 1.88. The summed E-state index contributed by atoms with van der Waals surface area (Å²) >= 11 is 0. The lowest BCUT2D eigenvalue weighted by Gasteiger charge is -2.37. The molecule has 0 radical (unpaired) electrons. The van der Waals surface area contributed by atoms with Gasteiger partial charge in [0.25, 0.3) is 0 Å². The van der Waals surface area contributed by atoms with Gasteiger partial charge >= 0.3 is 6.09 Å². The summed E-state index contributed by atoms with van der Waals surface area (Å²) in [5, 5.41) is 3.41. The van der Waals surface area contributed by atoms with Crippen molar-refractivity contribution in [1.29, 1.82) is 0 Å². The summed E-state index contributed by atoms with van der Waals surface area (Å²) in [6.45, 7) is 11.1. The normalized spacial score (nSPS) is 22.0. The van der Waals surface area contributed by atoms with E-state index in [0.717, 1.165) is 19.4 Å². The fourth-order valence-electron chi connectivity index (χ4n) is 2.86. The number of hydrogen-bond donors (Lipinski definition) is 2. The predicted molar refractivity (Wildman–Crippen MR) is 86.4 cm³/mol. The molecule has 1 heterocycles. The zero-order chi connectivity index (χ0) is 16.9. The van der Waals surface area contributed by atoms with E-state index in [9.17, 15) is 9.59 Å². The van der Waals surface area contributed by atoms with Gasteiger partial charge in [0.05, 0.1) is 0 Å². The quantitative estimate of drug-likeness (QED) is 0.811. The Labute approximate surface area is 133 Å². The van der Waals surface area contributed by atoms with Crippen LogP contribution in [0.25, 0.3) is 0 Å². The van der Waals surface area contributed by atoms with Crippen LogP contribution in [0.1, 0.15) is 53.9 Å². The fourth-order valence-corrected chi connectivity index (χ4v) is 2.86. The van der Waals surface area contributed by atoms with Crippen molar-refractivity contribution in [2.24, 2.45) is 11.7 Å². The van der Waals surface area contributed by atoms with E-state index in [1.807, 2.05) is 27.7 Å². The van der Waals surface area contributed by atoms with Crippen molar-refractivity contribution in [2.45, 2.75) is 71.6 Å². The van der Waals surface area contributed by atoms with Crippen molar-refractivity contribution in [2.75, 3.05) is 13.1 Å². The fraction of sp³-hybridized carbons (Fsp3) is 0.875. The molecular weight excluding hydrogens is 282 g/mol. The summed E-state index contributed by atoms with van der Waals surface area (Å²) in [4.78, 5) is 24.9. The molecule has 0 spiro atoms. The lowest BCUT2D eigenvalue weighted by atomic mass is 9.91. The minimum atomic E-state index is -0.468. The summed E-state index contributed by atoms with van der Waals surface area (Å²) in [6.07, 6.45) is 2.12. The molecule has 22 heavy (non-hydrogen) atoms. The summed E-state index contributed by atoms with van der Waals surface area (Å²) in [7, 11) is 0. The summed E-state index contributed by atoms with van der Waals surface area (Å²) in [5.41, 5.74) is 4.75. The number of nitrogens with zero attached hydrogens (tertiary/aromatic N) is 1. The minimum absolute atomic E-state index is 0.0457. The molecule has 128 valence electrons. The molecule has 1 saturated heterocycles. The Morgan fingerprint density at radius 1 is 1.36 bits per heavy atom. The van der Waals surface area contributed by atoms with Crippen LogP contribution in [0.15, 0.2) is 0 Å². The third-order valence-corrected chi connectivity index (χ3v) is 3.87. The van der Waals surface area contributed by atoms with Crippen molar-refractivity contribution < 1.29 is 14.3 Å². The zero-order valence-corrected chi connectivity index (χ0v) is 14.5. The van der Waals surface area contributed by atoms with Crippen molar-refractivity contribution in [3.05, 3.63) is 0 Å². The number of amides is 2. The van der Waals surface area contributed by atoms with Crippen molar-refractivity contribution in [1.82, 2.24) is 10.2 Å².